The molecule has 1 saturated heterocycles. The van der Waals surface area contributed by atoms with Crippen LogP contribution in [0.2, 0.25) is 5.02 Å². The van der Waals surface area contributed by atoms with Gasteiger partial charge in [-0.05, 0) is 17.7 Å². The van der Waals surface area contributed by atoms with Gasteiger partial charge in [-0.15, -0.1) is 12.4 Å². The minimum Gasteiger partial charge on any atom is -0.329 e. The summed E-state index contributed by atoms with van der Waals surface area (Å²) in [6.45, 7) is 6.55. The van der Waals surface area contributed by atoms with Gasteiger partial charge in [-0.3, -0.25) is 9.80 Å². The zero-order chi connectivity index (χ0) is 13.0. The quantitative estimate of drug-likeness (QED) is 0.923. The lowest BCUT2D eigenvalue weighted by Crippen LogP contribution is -2.47. The van der Waals surface area contributed by atoms with E-state index in [4.69, 9.17) is 17.3 Å². The summed E-state index contributed by atoms with van der Waals surface area (Å²) in [5.41, 5.74) is 6.53. The third-order valence-corrected chi connectivity index (χ3v) is 3.67. The van der Waals surface area contributed by atoms with Crippen molar-refractivity contribution in [2.75, 3.05) is 39.3 Å². The van der Waals surface area contributed by atoms with Crippen molar-refractivity contribution in [3.63, 3.8) is 0 Å². The molecule has 0 atom stereocenters. The van der Waals surface area contributed by atoms with Crippen molar-refractivity contribution in [2.24, 2.45) is 5.73 Å². The Morgan fingerprint density at radius 3 is 2.37 bits per heavy atom. The minimum absolute atomic E-state index is 0. The molecular formula is C13H20Cl2FN3. The second-order valence-electron chi connectivity index (χ2n) is 4.64. The molecule has 0 aliphatic carbocycles. The highest BCUT2D eigenvalue weighted by atomic mass is 35.5. The Bertz CT molecular complexity index is 395. The van der Waals surface area contributed by atoms with Crippen molar-refractivity contribution in [2.45, 2.75) is 6.54 Å². The average Bonchev–Trinajstić information content (AvgIpc) is 2.35. The van der Waals surface area contributed by atoms with Gasteiger partial charge in [0.15, 0.2) is 0 Å². The van der Waals surface area contributed by atoms with E-state index < -0.39 is 0 Å². The lowest BCUT2D eigenvalue weighted by atomic mass is 10.2. The fraction of sp³-hybridized carbons (Fsp3) is 0.538. The molecule has 1 aliphatic heterocycles. The van der Waals surface area contributed by atoms with Gasteiger partial charge < -0.3 is 5.73 Å². The fourth-order valence-corrected chi connectivity index (χ4v) is 2.47. The van der Waals surface area contributed by atoms with Gasteiger partial charge in [0, 0.05) is 50.8 Å². The van der Waals surface area contributed by atoms with E-state index in [1.54, 1.807) is 6.07 Å². The molecule has 6 heteroatoms. The van der Waals surface area contributed by atoms with E-state index in [1.165, 1.54) is 12.1 Å². The summed E-state index contributed by atoms with van der Waals surface area (Å²) < 4.78 is 12.9. The van der Waals surface area contributed by atoms with E-state index >= 15 is 0 Å². The number of hydrogen-bond donors (Lipinski definition) is 1. The van der Waals surface area contributed by atoms with E-state index in [0.717, 1.165) is 44.8 Å². The van der Waals surface area contributed by atoms with Crippen molar-refractivity contribution >= 4 is 24.0 Å². The van der Waals surface area contributed by atoms with Gasteiger partial charge in [-0.1, -0.05) is 17.7 Å². The maximum Gasteiger partial charge on any atom is 0.124 e. The first-order chi connectivity index (χ1) is 8.69. The Labute approximate surface area is 124 Å². The van der Waals surface area contributed by atoms with E-state index in [2.05, 4.69) is 9.80 Å². The van der Waals surface area contributed by atoms with Crippen LogP contribution in [0, 0.1) is 5.82 Å². The summed E-state index contributed by atoms with van der Waals surface area (Å²) in [4.78, 5) is 4.70. The molecule has 1 fully saturated rings. The molecule has 19 heavy (non-hydrogen) atoms. The third-order valence-electron chi connectivity index (χ3n) is 3.32. The van der Waals surface area contributed by atoms with Gasteiger partial charge in [0.05, 0.1) is 0 Å². The second-order valence-corrected chi connectivity index (χ2v) is 5.05. The van der Waals surface area contributed by atoms with Gasteiger partial charge in [-0.2, -0.15) is 0 Å². The van der Waals surface area contributed by atoms with Gasteiger partial charge in [0.1, 0.15) is 5.82 Å². The summed E-state index contributed by atoms with van der Waals surface area (Å²) in [6, 6.07) is 4.61. The van der Waals surface area contributed by atoms with Crippen LogP contribution in [0.5, 0.6) is 0 Å². The largest absolute Gasteiger partial charge is 0.329 e. The Morgan fingerprint density at radius 2 is 1.79 bits per heavy atom. The van der Waals surface area contributed by atoms with E-state index in [9.17, 15) is 4.39 Å². The number of hydrogen-bond acceptors (Lipinski definition) is 3. The summed E-state index contributed by atoms with van der Waals surface area (Å²) in [5.74, 6) is -0.281. The molecule has 0 unspecified atom stereocenters. The smallest absolute Gasteiger partial charge is 0.124 e. The molecule has 0 bridgehead atoms. The SMILES string of the molecule is Cl.NCCN1CCN(Cc2ccc(F)cc2Cl)CC1. The second kappa shape index (κ2) is 8.02. The first-order valence-corrected chi connectivity index (χ1v) is 6.65. The Hall–Kier alpha value is -0.390. The van der Waals surface area contributed by atoms with E-state index in [0.29, 0.717) is 11.6 Å². The number of halogens is 3. The van der Waals surface area contributed by atoms with Crippen LogP contribution in [-0.4, -0.2) is 49.1 Å². The predicted molar refractivity (Wildman–Crippen MR) is 79.4 cm³/mol. The molecule has 1 aliphatic rings. The zero-order valence-electron chi connectivity index (χ0n) is 10.8. The van der Waals surface area contributed by atoms with Crippen LogP contribution in [0.3, 0.4) is 0 Å². The molecule has 2 rings (SSSR count). The maximum atomic E-state index is 12.9. The Balaban J connectivity index is 0.00000180. The summed E-state index contributed by atoms with van der Waals surface area (Å²) in [7, 11) is 0. The molecule has 0 amide bonds. The highest BCUT2D eigenvalue weighted by Gasteiger charge is 2.17. The highest BCUT2D eigenvalue weighted by molar-refractivity contribution is 6.31. The van der Waals surface area contributed by atoms with Crippen LogP contribution >= 0.6 is 24.0 Å². The Morgan fingerprint density at radius 1 is 1.16 bits per heavy atom. The summed E-state index contributed by atoms with van der Waals surface area (Å²) in [5, 5.41) is 0.513. The maximum absolute atomic E-state index is 12.9. The predicted octanol–water partition coefficient (Wildman–Crippen LogP) is 1.98. The van der Waals surface area contributed by atoms with Gasteiger partial charge in [0.2, 0.25) is 0 Å². The lowest BCUT2D eigenvalue weighted by Gasteiger charge is -2.34. The van der Waals surface area contributed by atoms with Crippen LogP contribution in [0.25, 0.3) is 0 Å². The number of piperazine rings is 1. The van der Waals surface area contributed by atoms with Crippen molar-refractivity contribution < 1.29 is 4.39 Å². The number of benzene rings is 1. The third kappa shape index (κ3) is 4.89. The van der Waals surface area contributed by atoms with Gasteiger partial charge in [-0.25, -0.2) is 4.39 Å². The molecule has 0 radical (unpaired) electrons. The van der Waals surface area contributed by atoms with Crippen molar-refractivity contribution in [3.8, 4) is 0 Å². The molecule has 1 aromatic carbocycles. The van der Waals surface area contributed by atoms with Crippen LogP contribution in [0.4, 0.5) is 4.39 Å². The zero-order valence-corrected chi connectivity index (χ0v) is 12.4. The lowest BCUT2D eigenvalue weighted by molar-refractivity contribution is 0.130. The van der Waals surface area contributed by atoms with E-state index in [-0.39, 0.29) is 18.2 Å². The monoisotopic (exact) mass is 307 g/mol. The normalized spacial score (nSPS) is 17.2. The van der Waals surface area contributed by atoms with Crippen molar-refractivity contribution in [1.82, 2.24) is 9.80 Å². The molecule has 1 heterocycles. The van der Waals surface area contributed by atoms with Gasteiger partial charge in [0.25, 0.3) is 0 Å². The minimum atomic E-state index is -0.281. The summed E-state index contributed by atoms with van der Waals surface area (Å²) >= 11 is 6.03. The molecule has 0 aromatic heterocycles. The molecule has 2 N–H and O–H groups in total. The van der Waals surface area contributed by atoms with E-state index in [1.807, 2.05) is 0 Å². The van der Waals surface area contributed by atoms with Crippen molar-refractivity contribution in [3.05, 3.63) is 34.6 Å². The molecule has 3 nitrogen and oxygen atoms in total. The average molecular weight is 308 g/mol. The highest BCUT2D eigenvalue weighted by Crippen LogP contribution is 2.19. The number of nitrogens with zero attached hydrogens (tertiary/aromatic N) is 2. The van der Waals surface area contributed by atoms with Crippen LogP contribution in [-0.2, 0) is 6.54 Å². The van der Waals surface area contributed by atoms with Crippen LogP contribution in [0.1, 0.15) is 5.56 Å². The first kappa shape index (κ1) is 16.7. The fourth-order valence-electron chi connectivity index (χ4n) is 2.24. The number of rotatable bonds is 4. The molecule has 108 valence electrons. The number of nitrogens with two attached hydrogens (primary N) is 1. The van der Waals surface area contributed by atoms with Crippen LogP contribution < -0.4 is 5.73 Å². The first-order valence-electron chi connectivity index (χ1n) is 6.28. The van der Waals surface area contributed by atoms with Crippen LogP contribution in [0.15, 0.2) is 18.2 Å². The molecule has 0 saturated carbocycles. The van der Waals surface area contributed by atoms with Crippen molar-refractivity contribution in [1.29, 1.82) is 0 Å². The molecular weight excluding hydrogens is 288 g/mol. The summed E-state index contributed by atoms with van der Waals surface area (Å²) in [6.07, 6.45) is 0. The molecule has 0 spiro atoms. The Kier molecular flexibility index (Phi) is 7.04. The molecule has 1 aromatic rings. The van der Waals surface area contributed by atoms with Gasteiger partial charge >= 0.3 is 0 Å². The topological polar surface area (TPSA) is 32.5 Å². The standard InChI is InChI=1S/C13H19ClFN3.ClH/c14-13-9-12(15)2-1-11(13)10-18-7-5-17(4-3-16)6-8-18;/h1-2,9H,3-8,10,16H2;1H.